The minimum Gasteiger partial charge on any atom is -0.504 e. The van der Waals surface area contributed by atoms with Crippen molar-refractivity contribution in [3.05, 3.63) is 57.6 Å². The van der Waals surface area contributed by atoms with E-state index in [2.05, 4.69) is 10.5 Å². The molecule has 0 fully saturated rings. The van der Waals surface area contributed by atoms with E-state index in [0.717, 1.165) is 0 Å². The van der Waals surface area contributed by atoms with Crippen LogP contribution >= 0.6 is 23.2 Å². The van der Waals surface area contributed by atoms with Gasteiger partial charge < -0.3 is 9.84 Å². The number of halogens is 2. The molecule has 7 heteroatoms. The molecule has 2 aromatic carbocycles. The molecule has 0 atom stereocenters. The number of carbonyl (C=O) groups excluding carboxylic acids is 1. The first-order valence-electron chi connectivity index (χ1n) is 6.16. The Balaban J connectivity index is 2.05. The zero-order valence-electron chi connectivity index (χ0n) is 11.5. The highest BCUT2D eigenvalue weighted by Crippen LogP contribution is 2.25. The average Bonchev–Trinajstić information content (AvgIpc) is 2.51. The van der Waals surface area contributed by atoms with Crippen LogP contribution in [0.15, 0.2) is 41.5 Å². The van der Waals surface area contributed by atoms with Gasteiger partial charge in [0.1, 0.15) is 0 Å². The Bertz CT molecular complexity index is 733. The summed E-state index contributed by atoms with van der Waals surface area (Å²) in [6.45, 7) is 0. The van der Waals surface area contributed by atoms with E-state index in [1.54, 1.807) is 18.2 Å². The molecule has 22 heavy (non-hydrogen) atoms. The zero-order valence-corrected chi connectivity index (χ0v) is 13.0. The molecule has 0 bridgehead atoms. The van der Waals surface area contributed by atoms with Gasteiger partial charge in [-0.25, -0.2) is 5.43 Å². The molecule has 2 rings (SSSR count). The number of benzene rings is 2. The largest absolute Gasteiger partial charge is 0.504 e. The standard InChI is InChI=1S/C15H12Cl2N2O3/c1-22-14-6-9(2-5-13(14)20)8-18-19-15(21)10-3-4-11(16)12(17)7-10/h2-8,20H,1H3,(H,19,21)/b18-8-. The minimum absolute atomic E-state index is 0.0273. The second-order valence-corrected chi connectivity index (χ2v) is 5.07. The molecule has 0 aliphatic carbocycles. The van der Waals surface area contributed by atoms with Crippen molar-refractivity contribution in [2.24, 2.45) is 5.10 Å². The fourth-order valence-corrected chi connectivity index (χ4v) is 1.94. The van der Waals surface area contributed by atoms with E-state index < -0.39 is 5.91 Å². The Kier molecular flexibility index (Phi) is 5.25. The van der Waals surface area contributed by atoms with E-state index in [9.17, 15) is 9.90 Å². The van der Waals surface area contributed by atoms with Gasteiger partial charge in [-0.05, 0) is 42.0 Å². The van der Waals surface area contributed by atoms with E-state index in [0.29, 0.717) is 26.9 Å². The van der Waals surface area contributed by atoms with Crippen molar-refractivity contribution in [2.45, 2.75) is 0 Å². The third kappa shape index (κ3) is 3.90. The SMILES string of the molecule is COc1cc(/C=N\NC(=O)c2ccc(Cl)c(Cl)c2)ccc1O. The summed E-state index contributed by atoms with van der Waals surface area (Å²) in [4.78, 5) is 11.9. The van der Waals surface area contributed by atoms with E-state index in [1.165, 1.54) is 31.5 Å². The highest BCUT2D eigenvalue weighted by atomic mass is 35.5. The highest BCUT2D eigenvalue weighted by Gasteiger charge is 2.07. The first kappa shape index (κ1) is 16.1. The van der Waals surface area contributed by atoms with E-state index in [1.807, 2.05) is 0 Å². The molecule has 0 saturated carbocycles. The van der Waals surface area contributed by atoms with Gasteiger partial charge in [0.25, 0.3) is 5.91 Å². The number of phenolic OH excluding ortho intramolecular Hbond substituents is 1. The molecule has 0 aliphatic rings. The number of hydrogen-bond acceptors (Lipinski definition) is 4. The molecule has 0 aliphatic heterocycles. The van der Waals surface area contributed by atoms with Crippen molar-refractivity contribution in [1.82, 2.24) is 5.43 Å². The number of phenols is 1. The summed E-state index contributed by atoms with van der Waals surface area (Å²) in [7, 11) is 1.45. The number of ether oxygens (including phenoxy) is 1. The van der Waals surface area contributed by atoms with Crippen LogP contribution in [-0.4, -0.2) is 24.3 Å². The lowest BCUT2D eigenvalue weighted by molar-refractivity contribution is 0.0955. The maximum absolute atomic E-state index is 11.9. The van der Waals surface area contributed by atoms with Crippen LogP contribution in [0.1, 0.15) is 15.9 Å². The summed E-state index contributed by atoms with van der Waals surface area (Å²) in [6, 6.07) is 9.23. The molecule has 114 valence electrons. The number of hydrogen-bond donors (Lipinski definition) is 2. The maximum atomic E-state index is 11.9. The Hall–Kier alpha value is -2.24. The maximum Gasteiger partial charge on any atom is 0.271 e. The van der Waals surface area contributed by atoms with Crippen molar-refractivity contribution >= 4 is 35.3 Å². The van der Waals surface area contributed by atoms with Crippen LogP contribution in [-0.2, 0) is 0 Å². The summed E-state index contributed by atoms with van der Waals surface area (Å²) >= 11 is 11.6. The van der Waals surface area contributed by atoms with Crippen molar-refractivity contribution in [1.29, 1.82) is 0 Å². The summed E-state index contributed by atoms with van der Waals surface area (Å²) < 4.78 is 4.98. The second kappa shape index (κ2) is 7.15. The van der Waals surface area contributed by atoms with Gasteiger partial charge in [0, 0.05) is 5.56 Å². The second-order valence-electron chi connectivity index (χ2n) is 4.26. The van der Waals surface area contributed by atoms with Crippen LogP contribution in [0, 0.1) is 0 Å². The normalized spacial score (nSPS) is 10.7. The van der Waals surface area contributed by atoms with Crippen LogP contribution < -0.4 is 10.2 Å². The molecule has 0 saturated heterocycles. The van der Waals surface area contributed by atoms with Gasteiger partial charge in [-0.1, -0.05) is 23.2 Å². The highest BCUT2D eigenvalue weighted by molar-refractivity contribution is 6.42. The third-order valence-corrected chi connectivity index (χ3v) is 3.50. The van der Waals surface area contributed by atoms with Crippen LogP contribution in [0.3, 0.4) is 0 Å². The van der Waals surface area contributed by atoms with Crippen LogP contribution in [0.5, 0.6) is 11.5 Å². The average molecular weight is 339 g/mol. The van der Waals surface area contributed by atoms with E-state index in [4.69, 9.17) is 27.9 Å². The topological polar surface area (TPSA) is 70.9 Å². The summed E-state index contributed by atoms with van der Waals surface area (Å²) in [5, 5.41) is 14.0. The fraction of sp³-hybridized carbons (Fsp3) is 0.0667. The predicted octanol–water partition coefficient (Wildman–Crippen LogP) is 3.47. The van der Waals surface area contributed by atoms with Crippen molar-refractivity contribution in [3.63, 3.8) is 0 Å². The number of aromatic hydroxyl groups is 1. The lowest BCUT2D eigenvalue weighted by Crippen LogP contribution is -2.17. The Labute approximate surface area is 137 Å². The van der Waals surface area contributed by atoms with Crippen molar-refractivity contribution in [3.8, 4) is 11.5 Å². The summed E-state index contributed by atoms with van der Waals surface area (Å²) in [6.07, 6.45) is 1.43. The Morgan fingerprint density at radius 2 is 2.00 bits per heavy atom. The van der Waals surface area contributed by atoms with Crippen LogP contribution in [0.4, 0.5) is 0 Å². The van der Waals surface area contributed by atoms with Gasteiger partial charge in [0.2, 0.25) is 0 Å². The Morgan fingerprint density at radius 1 is 1.23 bits per heavy atom. The molecule has 1 amide bonds. The quantitative estimate of drug-likeness (QED) is 0.662. The van der Waals surface area contributed by atoms with Gasteiger partial charge in [0.15, 0.2) is 11.5 Å². The van der Waals surface area contributed by atoms with Crippen molar-refractivity contribution in [2.75, 3.05) is 7.11 Å². The number of nitrogens with one attached hydrogen (secondary N) is 1. The summed E-state index contributed by atoms with van der Waals surface area (Å²) in [5.41, 5.74) is 3.37. The predicted molar refractivity (Wildman–Crippen MR) is 86.2 cm³/mol. The van der Waals surface area contributed by atoms with Gasteiger partial charge in [-0.3, -0.25) is 4.79 Å². The molecule has 0 heterocycles. The molecule has 5 nitrogen and oxygen atoms in total. The van der Waals surface area contributed by atoms with Gasteiger partial charge >= 0.3 is 0 Å². The molecule has 2 aromatic rings. The first-order valence-corrected chi connectivity index (χ1v) is 6.92. The number of rotatable bonds is 4. The molecular weight excluding hydrogens is 327 g/mol. The van der Waals surface area contributed by atoms with E-state index in [-0.39, 0.29) is 5.75 Å². The molecule has 0 aromatic heterocycles. The van der Waals surface area contributed by atoms with Crippen LogP contribution in [0.2, 0.25) is 10.0 Å². The van der Waals surface area contributed by atoms with Gasteiger partial charge in [0.05, 0.1) is 23.4 Å². The molecule has 0 unspecified atom stereocenters. The number of nitrogens with zero attached hydrogens (tertiary/aromatic N) is 1. The minimum atomic E-state index is -0.416. The molecular formula is C15H12Cl2N2O3. The number of carbonyl (C=O) groups is 1. The lowest BCUT2D eigenvalue weighted by Gasteiger charge is -2.04. The van der Waals surface area contributed by atoms with E-state index >= 15 is 0 Å². The number of amides is 1. The molecule has 0 radical (unpaired) electrons. The zero-order chi connectivity index (χ0) is 16.1. The molecule has 2 N–H and O–H groups in total. The molecule has 0 spiro atoms. The Morgan fingerprint density at radius 3 is 2.68 bits per heavy atom. The van der Waals surface area contributed by atoms with Crippen LogP contribution in [0.25, 0.3) is 0 Å². The fourth-order valence-electron chi connectivity index (χ4n) is 1.64. The number of hydrazone groups is 1. The number of methoxy groups -OCH3 is 1. The summed E-state index contributed by atoms with van der Waals surface area (Å²) in [5.74, 6) is -0.0696. The monoisotopic (exact) mass is 338 g/mol. The van der Waals surface area contributed by atoms with Crippen molar-refractivity contribution < 1.29 is 14.6 Å². The van der Waals surface area contributed by atoms with Gasteiger partial charge in [-0.2, -0.15) is 5.10 Å². The smallest absolute Gasteiger partial charge is 0.271 e. The third-order valence-electron chi connectivity index (χ3n) is 2.77. The first-order chi connectivity index (χ1) is 10.5. The van der Waals surface area contributed by atoms with Gasteiger partial charge in [-0.15, -0.1) is 0 Å². The lowest BCUT2D eigenvalue weighted by atomic mass is 10.2.